The predicted molar refractivity (Wildman–Crippen MR) is 112 cm³/mol. The van der Waals surface area contributed by atoms with Crippen molar-refractivity contribution in [1.29, 1.82) is 0 Å². The molecule has 0 aromatic heterocycles. The zero-order chi connectivity index (χ0) is 20.8. The van der Waals surface area contributed by atoms with Crippen LogP contribution in [-0.4, -0.2) is 85.9 Å². The summed E-state index contributed by atoms with van der Waals surface area (Å²) >= 11 is 6.58. The third-order valence-electron chi connectivity index (χ3n) is 6.35. The average molecular weight is 435 g/mol. The van der Waals surface area contributed by atoms with Crippen molar-refractivity contribution in [3.8, 4) is 5.75 Å². The molecule has 0 spiro atoms. The Hall–Kier alpha value is -2.19. The number of urea groups is 1. The van der Waals surface area contributed by atoms with Crippen LogP contribution in [0.4, 0.5) is 10.5 Å². The van der Waals surface area contributed by atoms with E-state index in [0.29, 0.717) is 42.9 Å². The molecule has 1 N–H and O–H groups in total. The number of amides is 3. The molecule has 4 aliphatic heterocycles. The van der Waals surface area contributed by atoms with Crippen LogP contribution in [-0.2, 0) is 9.53 Å². The highest BCUT2D eigenvalue weighted by Gasteiger charge is 2.40. The van der Waals surface area contributed by atoms with Gasteiger partial charge in [-0.15, -0.1) is 0 Å². The highest BCUT2D eigenvalue weighted by molar-refractivity contribution is 6.34. The number of nitrogens with one attached hydrogen (secondary N) is 1. The molecule has 5 rings (SSSR count). The quantitative estimate of drug-likeness (QED) is 0.781. The zero-order valence-corrected chi connectivity index (χ0v) is 17.8. The first-order chi connectivity index (χ1) is 14.5. The molecule has 0 aliphatic carbocycles. The van der Waals surface area contributed by atoms with Gasteiger partial charge in [0, 0.05) is 26.2 Å². The van der Waals surface area contributed by atoms with E-state index in [2.05, 4.69) is 17.1 Å². The number of rotatable bonds is 3. The smallest absolute Gasteiger partial charge is 0.320 e. The van der Waals surface area contributed by atoms with Crippen LogP contribution >= 0.6 is 11.6 Å². The summed E-state index contributed by atoms with van der Waals surface area (Å²) in [5.74, 6) is 1.25. The van der Waals surface area contributed by atoms with E-state index in [1.807, 2.05) is 18.2 Å². The molecule has 0 saturated carbocycles. The fourth-order valence-electron chi connectivity index (χ4n) is 4.65. The SMILES string of the molecule is CC1CN(c2cccc(OC3CN(C(=O)N4CCC5OCC(=O)NC5C4)C3)c2Cl)C1. The Morgan fingerprint density at radius 3 is 2.77 bits per heavy atom. The molecule has 9 heteroatoms. The summed E-state index contributed by atoms with van der Waals surface area (Å²) in [5, 5.41) is 3.58. The lowest BCUT2D eigenvalue weighted by Crippen LogP contribution is -2.65. The van der Waals surface area contributed by atoms with Gasteiger partial charge >= 0.3 is 6.03 Å². The number of hydrogen-bond acceptors (Lipinski definition) is 5. The van der Waals surface area contributed by atoms with Crippen LogP contribution < -0.4 is 15.0 Å². The van der Waals surface area contributed by atoms with Crippen molar-refractivity contribution in [2.45, 2.75) is 31.6 Å². The molecule has 4 aliphatic rings. The summed E-state index contributed by atoms with van der Waals surface area (Å²) < 4.78 is 11.6. The number of ether oxygens (including phenoxy) is 2. The van der Waals surface area contributed by atoms with Gasteiger partial charge in [-0.2, -0.15) is 0 Å². The number of likely N-dealkylation sites (tertiary alicyclic amines) is 2. The van der Waals surface area contributed by atoms with E-state index in [4.69, 9.17) is 21.1 Å². The molecule has 4 saturated heterocycles. The molecule has 3 amide bonds. The van der Waals surface area contributed by atoms with Crippen molar-refractivity contribution >= 4 is 29.2 Å². The molecular weight excluding hydrogens is 408 g/mol. The van der Waals surface area contributed by atoms with Crippen LogP contribution in [0.3, 0.4) is 0 Å². The van der Waals surface area contributed by atoms with Gasteiger partial charge < -0.3 is 29.5 Å². The zero-order valence-electron chi connectivity index (χ0n) is 17.1. The first-order valence-electron chi connectivity index (χ1n) is 10.6. The van der Waals surface area contributed by atoms with Gasteiger partial charge in [0.2, 0.25) is 5.91 Å². The lowest BCUT2D eigenvalue weighted by molar-refractivity contribution is -0.139. The van der Waals surface area contributed by atoms with Crippen molar-refractivity contribution < 1.29 is 19.1 Å². The summed E-state index contributed by atoms with van der Waals surface area (Å²) in [7, 11) is 0. The van der Waals surface area contributed by atoms with Gasteiger partial charge in [-0.25, -0.2) is 4.79 Å². The minimum atomic E-state index is -0.122. The van der Waals surface area contributed by atoms with Crippen molar-refractivity contribution in [3.63, 3.8) is 0 Å². The number of anilines is 1. The van der Waals surface area contributed by atoms with Gasteiger partial charge in [0.15, 0.2) is 0 Å². The topological polar surface area (TPSA) is 74.3 Å². The molecule has 4 fully saturated rings. The fourth-order valence-corrected chi connectivity index (χ4v) is 4.94. The van der Waals surface area contributed by atoms with Crippen LogP contribution in [0.5, 0.6) is 5.75 Å². The standard InChI is InChI=1S/C21H27ClN4O4/c1-13-7-25(8-13)16-3-2-4-18(20(16)22)30-14-9-26(10-14)21(28)24-6-5-17-15(11-24)23-19(27)12-29-17/h2-4,13-15,17H,5-12H2,1H3,(H,23,27). The van der Waals surface area contributed by atoms with Crippen LogP contribution in [0.25, 0.3) is 0 Å². The van der Waals surface area contributed by atoms with E-state index in [9.17, 15) is 9.59 Å². The van der Waals surface area contributed by atoms with Crippen LogP contribution in [0.2, 0.25) is 5.02 Å². The summed E-state index contributed by atoms with van der Waals surface area (Å²) in [6.07, 6.45) is 0.678. The van der Waals surface area contributed by atoms with E-state index in [-0.39, 0.29) is 36.8 Å². The minimum absolute atomic E-state index is 0.00281. The van der Waals surface area contributed by atoms with Crippen LogP contribution in [0.15, 0.2) is 18.2 Å². The molecule has 8 nitrogen and oxygen atoms in total. The number of fused-ring (bicyclic) bond motifs is 1. The van der Waals surface area contributed by atoms with Crippen molar-refractivity contribution in [3.05, 3.63) is 23.2 Å². The maximum absolute atomic E-state index is 12.8. The minimum Gasteiger partial charge on any atom is -0.485 e. The van der Waals surface area contributed by atoms with Crippen LogP contribution in [0.1, 0.15) is 13.3 Å². The Morgan fingerprint density at radius 2 is 2.00 bits per heavy atom. The average Bonchev–Trinajstić information content (AvgIpc) is 2.68. The van der Waals surface area contributed by atoms with Crippen LogP contribution in [0, 0.1) is 5.92 Å². The summed E-state index contributed by atoms with van der Waals surface area (Å²) in [6, 6.07) is 5.74. The molecule has 0 bridgehead atoms. The Balaban J connectivity index is 1.14. The number of benzene rings is 1. The number of carbonyl (C=O) groups is 2. The van der Waals surface area contributed by atoms with Crippen molar-refractivity contribution in [2.24, 2.45) is 5.92 Å². The molecule has 4 heterocycles. The number of hydrogen-bond donors (Lipinski definition) is 1. The van der Waals surface area contributed by atoms with Gasteiger partial charge in [0.25, 0.3) is 0 Å². The second kappa shape index (κ2) is 7.81. The molecule has 2 atom stereocenters. The highest BCUT2D eigenvalue weighted by Crippen LogP contribution is 2.38. The molecular formula is C21H27ClN4O4. The van der Waals surface area contributed by atoms with E-state index in [1.165, 1.54) is 0 Å². The number of nitrogens with zero attached hydrogens (tertiary/aromatic N) is 3. The van der Waals surface area contributed by atoms with Gasteiger partial charge in [-0.05, 0) is 24.5 Å². The monoisotopic (exact) mass is 434 g/mol. The third kappa shape index (κ3) is 3.67. The van der Waals surface area contributed by atoms with Crippen molar-refractivity contribution in [2.75, 3.05) is 50.8 Å². The van der Waals surface area contributed by atoms with E-state index < -0.39 is 0 Å². The third-order valence-corrected chi connectivity index (χ3v) is 6.73. The fraction of sp³-hybridized carbons (Fsp3) is 0.619. The maximum atomic E-state index is 12.8. The molecule has 162 valence electrons. The van der Waals surface area contributed by atoms with Gasteiger partial charge in [-0.3, -0.25) is 4.79 Å². The summed E-state index contributed by atoms with van der Waals surface area (Å²) in [4.78, 5) is 30.2. The Bertz CT molecular complexity index is 840. The second-order valence-electron chi connectivity index (χ2n) is 8.78. The lowest BCUT2D eigenvalue weighted by atomic mass is 10.0. The van der Waals surface area contributed by atoms with Crippen molar-refractivity contribution in [1.82, 2.24) is 15.1 Å². The molecule has 1 aromatic rings. The number of carbonyl (C=O) groups excluding carboxylic acids is 2. The van der Waals surface area contributed by atoms with E-state index in [1.54, 1.807) is 9.80 Å². The second-order valence-corrected chi connectivity index (χ2v) is 9.16. The molecule has 2 unspecified atom stereocenters. The largest absolute Gasteiger partial charge is 0.485 e. The normalized spacial score (nSPS) is 27.1. The number of morpholine rings is 1. The Morgan fingerprint density at radius 1 is 1.20 bits per heavy atom. The first-order valence-corrected chi connectivity index (χ1v) is 11.0. The van der Waals surface area contributed by atoms with Gasteiger partial charge in [0.05, 0.1) is 30.9 Å². The highest BCUT2D eigenvalue weighted by atomic mass is 35.5. The molecule has 1 aromatic carbocycles. The summed E-state index contributed by atoms with van der Waals surface area (Å²) in [5.41, 5.74) is 1.01. The predicted octanol–water partition coefficient (Wildman–Crippen LogP) is 1.57. The summed E-state index contributed by atoms with van der Waals surface area (Å²) in [6.45, 7) is 6.56. The first kappa shape index (κ1) is 19.8. The molecule has 0 radical (unpaired) electrons. The maximum Gasteiger partial charge on any atom is 0.320 e. The molecule has 30 heavy (non-hydrogen) atoms. The lowest BCUT2D eigenvalue weighted by Gasteiger charge is -2.46. The van der Waals surface area contributed by atoms with Gasteiger partial charge in [0.1, 0.15) is 23.5 Å². The Kier molecular flexibility index (Phi) is 5.14. The number of halogens is 1. The van der Waals surface area contributed by atoms with E-state index in [0.717, 1.165) is 25.2 Å². The van der Waals surface area contributed by atoms with Gasteiger partial charge in [-0.1, -0.05) is 24.6 Å². The number of piperidine rings is 1. The Labute approximate surface area is 181 Å². The van der Waals surface area contributed by atoms with E-state index >= 15 is 0 Å².